The fraction of sp³-hybridized carbons (Fsp3) is 0.667. The highest BCUT2D eigenvalue weighted by Crippen LogP contribution is 2.20. The monoisotopic (exact) mass is 243 g/mol. The summed E-state index contributed by atoms with van der Waals surface area (Å²) in [5, 5.41) is 11.9. The van der Waals surface area contributed by atoms with E-state index in [2.05, 4.69) is 30.2 Å². The molecule has 0 aromatic heterocycles. The molecule has 0 unspecified atom stereocenters. The van der Waals surface area contributed by atoms with Crippen molar-refractivity contribution >= 4 is 0 Å². The Morgan fingerprint density at radius 2 is 1.78 bits per heavy atom. The zero-order valence-electron chi connectivity index (χ0n) is 11.2. The molecule has 2 rings (SSSR count). The first kappa shape index (κ1) is 14.6. The van der Waals surface area contributed by atoms with Crippen molar-refractivity contribution in [3.8, 4) is 30.8 Å². The maximum absolute atomic E-state index is 8.59. The minimum absolute atomic E-state index is 0.0426. The predicted octanol–water partition coefficient (Wildman–Crippen LogP) is 1.37. The second-order valence-corrected chi connectivity index (χ2v) is 4.93. The van der Waals surface area contributed by atoms with Gasteiger partial charge in [0.25, 0.3) is 0 Å². The molecule has 0 aromatic carbocycles. The van der Waals surface area contributed by atoms with Gasteiger partial charge in [-0.15, -0.1) is 12.8 Å². The van der Waals surface area contributed by atoms with Crippen LogP contribution in [0.15, 0.2) is 0 Å². The Balaban J connectivity index is 0.000000184. The zero-order valence-corrected chi connectivity index (χ0v) is 11.2. The van der Waals surface area contributed by atoms with Crippen molar-refractivity contribution in [3.63, 3.8) is 0 Å². The zero-order chi connectivity index (χ0) is 13.5. The molecule has 3 heteroatoms. The van der Waals surface area contributed by atoms with Crippen molar-refractivity contribution in [1.29, 1.82) is 5.26 Å². The maximum Gasteiger partial charge on any atom is 0.0986 e. The topological polar surface area (TPSA) is 39.1 Å². The summed E-state index contributed by atoms with van der Waals surface area (Å²) in [4.78, 5) is 1.96. The summed E-state index contributed by atoms with van der Waals surface area (Å²) in [6, 6.07) is 3.42. The molecule has 2 saturated heterocycles. The van der Waals surface area contributed by atoms with E-state index in [0.717, 1.165) is 19.3 Å². The van der Waals surface area contributed by atoms with Gasteiger partial charge in [-0.05, 0) is 39.7 Å². The summed E-state index contributed by atoms with van der Waals surface area (Å²) < 4.78 is 0. The minimum Gasteiger partial charge on any atom is -0.301 e. The molecule has 96 valence electrons. The molecule has 0 aromatic rings. The number of rotatable bonds is 0. The summed E-state index contributed by atoms with van der Waals surface area (Å²) >= 11 is 0. The normalized spacial score (nSPS) is 34.8. The van der Waals surface area contributed by atoms with Gasteiger partial charge < -0.3 is 5.32 Å². The van der Waals surface area contributed by atoms with Crippen molar-refractivity contribution in [2.45, 2.75) is 56.8 Å². The Bertz CT molecular complexity index is 360. The van der Waals surface area contributed by atoms with E-state index in [1.54, 1.807) is 0 Å². The van der Waals surface area contributed by atoms with Gasteiger partial charge in [-0.2, -0.15) is 5.26 Å². The molecule has 4 atom stereocenters. The van der Waals surface area contributed by atoms with Gasteiger partial charge in [0.15, 0.2) is 0 Å². The Morgan fingerprint density at radius 3 is 2.06 bits per heavy atom. The number of nitrogens with zero attached hydrogens (tertiary/aromatic N) is 2. The van der Waals surface area contributed by atoms with E-state index >= 15 is 0 Å². The van der Waals surface area contributed by atoms with Crippen molar-refractivity contribution in [3.05, 3.63) is 0 Å². The number of hydrogen-bond donors (Lipinski definition) is 1. The average molecular weight is 243 g/mol. The lowest BCUT2D eigenvalue weighted by Crippen LogP contribution is -2.29. The first-order valence-electron chi connectivity index (χ1n) is 6.42. The number of likely N-dealkylation sites (tertiary alicyclic amines) is 1. The van der Waals surface area contributed by atoms with Gasteiger partial charge in [0.05, 0.1) is 24.2 Å². The maximum atomic E-state index is 8.59. The van der Waals surface area contributed by atoms with Crippen LogP contribution in [0.2, 0.25) is 0 Å². The highest BCUT2D eigenvalue weighted by Gasteiger charge is 2.28. The third-order valence-corrected chi connectivity index (χ3v) is 3.61. The molecule has 0 saturated carbocycles. The lowest BCUT2D eigenvalue weighted by atomic mass is 10.2. The van der Waals surface area contributed by atoms with Crippen molar-refractivity contribution in [1.82, 2.24) is 10.2 Å². The second kappa shape index (κ2) is 7.07. The van der Waals surface area contributed by atoms with E-state index in [9.17, 15) is 0 Å². The molecule has 2 heterocycles. The first-order valence-corrected chi connectivity index (χ1v) is 6.42. The molecule has 2 aliphatic heterocycles. The van der Waals surface area contributed by atoms with Gasteiger partial charge in [0.1, 0.15) is 0 Å². The molecule has 0 amide bonds. The van der Waals surface area contributed by atoms with Crippen LogP contribution in [-0.2, 0) is 0 Å². The molecular weight excluding hydrogens is 222 g/mol. The van der Waals surface area contributed by atoms with Gasteiger partial charge in [-0.3, -0.25) is 4.90 Å². The van der Waals surface area contributed by atoms with Crippen molar-refractivity contribution in [2.75, 3.05) is 7.05 Å². The smallest absolute Gasteiger partial charge is 0.0986 e. The number of terminal acetylenes is 2. The van der Waals surface area contributed by atoms with Crippen LogP contribution < -0.4 is 5.32 Å². The van der Waals surface area contributed by atoms with Gasteiger partial charge in [0.2, 0.25) is 0 Å². The van der Waals surface area contributed by atoms with Gasteiger partial charge in [0, 0.05) is 6.04 Å². The molecular formula is C15H21N3. The molecule has 0 bridgehead atoms. The summed E-state index contributed by atoms with van der Waals surface area (Å²) in [5.41, 5.74) is 0. The predicted molar refractivity (Wildman–Crippen MR) is 73.5 cm³/mol. The first-order chi connectivity index (χ1) is 8.62. The van der Waals surface area contributed by atoms with Gasteiger partial charge in [-0.1, -0.05) is 11.8 Å². The number of nitrogens with one attached hydrogen (secondary N) is 1. The van der Waals surface area contributed by atoms with Crippen molar-refractivity contribution < 1.29 is 0 Å². The molecule has 2 fully saturated rings. The van der Waals surface area contributed by atoms with E-state index in [4.69, 9.17) is 18.1 Å². The number of nitriles is 1. The van der Waals surface area contributed by atoms with Crippen LogP contribution >= 0.6 is 0 Å². The van der Waals surface area contributed by atoms with E-state index in [1.807, 2.05) is 11.9 Å². The standard InChI is InChI=1S/C8H10N2.C7H11N/c1-3-7-4-5-8(6-9)10(7)2;1-3-7-5-4-6(2)8-7/h1,7-8H,4-5H2,2H3;1,6-8H,4-5H2,2H3/t7-,8-;6-,7+/m01/s1. The summed E-state index contributed by atoms with van der Waals surface area (Å²) in [6.45, 7) is 2.16. The molecule has 18 heavy (non-hydrogen) atoms. The highest BCUT2D eigenvalue weighted by atomic mass is 15.2. The van der Waals surface area contributed by atoms with Crippen LogP contribution in [-0.4, -0.2) is 36.1 Å². The Hall–Kier alpha value is -1.47. The van der Waals surface area contributed by atoms with Crippen LogP contribution in [0.5, 0.6) is 0 Å². The number of hydrogen-bond acceptors (Lipinski definition) is 3. The quantitative estimate of drug-likeness (QED) is 0.653. The SMILES string of the molecule is C#C[C@H]1CC[C@@H](C#N)N1C.C#C[C@H]1CC[C@@H](C)N1. The van der Waals surface area contributed by atoms with E-state index in [1.165, 1.54) is 6.42 Å². The summed E-state index contributed by atoms with van der Waals surface area (Å²) in [6.07, 6.45) is 14.7. The largest absolute Gasteiger partial charge is 0.301 e. The Labute approximate surface area is 111 Å². The van der Waals surface area contributed by atoms with Gasteiger partial charge in [-0.25, -0.2) is 0 Å². The molecule has 1 N–H and O–H groups in total. The second-order valence-electron chi connectivity index (χ2n) is 4.93. The molecule has 0 spiro atoms. The fourth-order valence-electron chi connectivity index (χ4n) is 2.35. The highest BCUT2D eigenvalue weighted by molar-refractivity contribution is 5.09. The van der Waals surface area contributed by atoms with E-state index in [-0.39, 0.29) is 12.1 Å². The minimum atomic E-state index is 0.0426. The lowest BCUT2D eigenvalue weighted by molar-refractivity contribution is 0.320. The van der Waals surface area contributed by atoms with Crippen LogP contribution in [0.25, 0.3) is 0 Å². The molecule has 0 aliphatic carbocycles. The summed E-state index contributed by atoms with van der Waals surface area (Å²) in [7, 11) is 1.91. The van der Waals surface area contributed by atoms with Crippen LogP contribution in [0.4, 0.5) is 0 Å². The van der Waals surface area contributed by atoms with E-state index < -0.39 is 0 Å². The third kappa shape index (κ3) is 3.78. The summed E-state index contributed by atoms with van der Waals surface area (Å²) in [5.74, 6) is 5.34. The average Bonchev–Trinajstić information content (AvgIpc) is 2.95. The van der Waals surface area contributed by atoms with Crippen LogP contribution in [0, 0.1) is 36.0 Å². The van der Waals surface area contributed by atoms with Crippen LogP contribution in [0.3, 0.4) is 0 Å². The fourth-order valence-corrected chi connectivity index (χ4v) is 2.35. The molecule has 2 aliphatic rings. The van der Waals surface area contributed by atoms with Gasteiger partial charge >= 0.3 is 0 Å². The lowest BCUT2D eigenvalue weighted by Gasteiger charge is -2.15. The van der Waals surface area contributed by atoms with Crippen molar-refractivity contribution in [2.24, 2.45) is 0 Å². The molecule has 0 radical (unpaired) electrons. The Kier molecular flexibility index (Phi) is 5.73. The Morgan fingerprint density at radius 1 is 1.11 bits per heavy atom. The van der Waals surface area contributed by atoms with E-state index in [0.29, 0.717) is 12.1 Å². The van der Waals surface area contributed by atoms with Crippen LogP contribution in [0.1, 0.15) is 32.6 Å². The third-order valence-electron chi connectivity index (χ3n) is 3.61. The molecule has 3 nitrogen and oxygen atoms in total.